The van der Waals surface area contributed by atoms with Gasteiger partial charge >= 0.3 is 5.69 Å². The van der Waals surface area contributed by atoms with Crippen LogP contribution in [0.5, 0.6) is 0 Å². The third-order valence-electron chi connectivity index (χ3n) is 3.29. The van der Waals surface area contributed by atoms with Crippen LogP contribution in [0.25, 0.3) is 0 Å². The van der Waals surface area contributed by atoms with E-state index in [0.29, 0.717) is 5.56 Å². The number of hydrogen-bond donors (Lipinski definition) is 0. The third kappa shape index (κ3) is 2.50. The molecule has 0 atom stereocenters. The molecule has 0 radical (unpaired) electrons. The quantitative estimate of drug-likeness (QED) is 0.783. The fourth-order valence-electron chi connectivity index (χ4n) is 2.32. The number of hydrogen-bond acceptors (Lipinski definition) is 3. The largest absolute Gasteiger partial charge is 0.349 e. The lowest BCUT2D eigenvalue weighted by atomic mass is 10.1. The highest BCUT2D eigenvalue weighted by molar-refractivity contribution is 5.97. The van der Waals surface area contributed by atoms with Crippen LogP contribution in [0.4, 0.5) is 0 Å². The molecule has 0 amide bonds. The SMILES string of the molecule is CCn1c(C)cc(C(=O)Cn2cccnc2=O)c1C. The number of ketones is 1. The maximum atomic E-state index is 12.3. The highest BCUT2D eigenvalue weighted by Gasteiger charge is 2.15. The van der Waals surface area contributed by atoms with Gasteiger partial charge in [-0.2, -0.15) is 0 Å². The van der Waals surface area contributed by atoms with Gasteiger partial charge in [0.25, 0.3) is 0 Å². The van der Waals surface area contributed by atoms with Crippen molar-refractivity contribution in [2.24, 2.45) is 0 Å². The van der Waals surface area contributed by atoms with E-state index in [1.807, 2.05) is 26.8 Å². The van der Waals surface area contributed by atoms with Crippen LogP contribution in [0.15, 0.2) is 29.3 Å². The van der Waals surface area contributed by atoms with Crippen LogP contribution in [0.2, 0.25) is 0 Å². The molecule has 0 bridgehead atoms. The standard InChI is InChI=1S/C14H17N3O2/c1-4-17-10(2)8-12(11(17)3)13(18)9-16-7-5-6-15-14(16)19/h5-8H,4,9H2,1-3H3. The van der Waals surface area contributed by atoms with E-state index in [-0.39, 0.29) is 12.3 Å². The molecule has 2 aromatic heterocycles. The zero-order valence-electron chi connectivity index (χ0n) is 11.4. The third-order valence-corrected chi connectivity index (χ3v) is 3.29. The summed E-state index contributed by atoms with van der Waals surface area (Å²) in [5, 5.41) is 0. The van der Waals surface area contributed by atoms with Gasteiger partial charge in [0.15, 0.2) is 5.78 Å². The molecule has 2 heterocycles. The summed E-state index contributed by atoms with van der Waals surface area (Å²) in [6, 6.07) is 3.52. The van der Waals surface area contributed by atoms with Crippen molar-refractivity contribution in [2.75, 3.05) is 0 Å². The van der Waals surface area contributed by atoms with Crippen molar-refractivity contribution in [3.63, 3.8) is 0 Å². The minimum Gasteiger partial charge on any atom is -0.349 e. The Kier molecular flexibility index (Phi) is 3.64. The zero-order chi connectivity index (χ0) is 14.0. The van der Waals surface area contributed by atoms with Crippen molar-refractivity contribution >= 4 is 5.78 Å². The normalized spacial score (nSPS) is 10.7. The molecule has 5 nitrogen and oxygen atoms in total. The molecule has 0 saturated heterocycles. The summed E-state index contributed by atoms with van der Waals surface area (Å²) in [5.41, 5.74) is 2.28. The van der Waals surface area contributed by atoms with E-state index in [2.05, 4.69) is 9.55 Å². The first-order valence-electron chi connectivity index (χ1n) is 6.26. The zero-order valence-corrected chi connectivity index (χ0v) is 11.4. The van der Waals surface area contributed by atoms with Gasteiger partial charge in [-0.25, -0.2) is 9.78 Å². The van der Waals surface area contributed by atoms with E-state index < -0.39 is 5.69 Å². The Hall–Kier alpha value is -2.17. The summed E-state index contributed by atoms with van der Waals surface area (Å²) in [7, 11) is 0. The van der Waals surface area contributed by atoms with Crippen LogP contribution in [-0.2, 0) is 13.1 Å². The second-order valence-electron chi connectivity index (χ2n) is 4.48. The summed E-state index contributed by atoms with van der Waals surface area (Å²) in [6.07, 6.45) is 3.00. The van der Waals surface area contributed by atoms with Crippen LogP contribution in [0, 0.1) is 13.8 Å². The average molecular weight is 259 g/mol. The van der Waals surface area contributed by atoms with E-state index in [4.69, 9.17) is 0 Å². The van der Waals surface area contributed by atoms with Crippen molar-refractivity contribution in [3.8, 4) is 0 Å². The lowest BCUT2D eigenvalue weighted by Crippen LogP contribution is -2.25. The molecular formula is C14H17N3O2. The number of carbonyl (C=O) groups excluding carboxylic acids is 1. The Morgan fingerprint density at radius 2 is 2.11 bits per heavy atom. The maximum Gasteiger partial charge on any atom is 0.347 e. The lowest BCUT2D eigenvalue weighted by Gasteiger charge is -2.06. The van der Waals surface area contributed by atoms with Crippen molar-refractivity contribution in [1.82, 2.24) is 14.1 Å². The summed E-state index contributed by atoms with van der Waals surface area (Å²) < 4.78 is 3.40. The summed E-state index contributed by atoms with van der Waals surface area (Å²) in [5.74, 6) is -0.0668. The number of Topliss-reactive ketones (excluding diaryl/α,β-unsaturated/α-hetero) is 1. The number of nitrogens with zero attached hydrogens (tertiary/aromatic N) is 3. The van der Waals surface area contributed by atoms with E-state index >= 15 is 0 Å². The Morgan fingerprint density at radius 1 is 1.37 bits per heavy atom. The highest BCUT2D eigenvalue weighted by atomic mass is 16.2. The smallest absolute Gasteiger partial charge is 0.347 e. The summed E-state index contributed by atoms with van der Waals surface area (Å²) >= 11 is 0. The maximum absolute atomic E-state index is 12.3. The van der Waals surface area contributed by atoms with Crippen molar-refractivity contribution in [3.05, 3.63) is 52.0 Å². The molecule has 5 heteroatoms. The Morgan fingerprint density at radius 3 is 2.68 bits per heavy atom. The Balaban J connectivity index is 2.31. The Bertz CT molecular complexity index is 668. The van der Waals surface area contributed by atoms with Gasteiger partial charge in [-0.3, -0.25) is 9.36 Å². The monoisotopic (exact) mass is 259 g/mol. The molecule has 0 aliphatic heterocycles. The molecule has 0 aromatic carbocycles. The number of rotatable bonds is 4. The van der Waals surface area contributed by atoms with Gasteiger partial charge in [-0.05, 0) is 32.9 Å². The van der Waals surface area contributed by atoms with E-state index in [9.17, 15) is 9.59 Å². The van der Waals surface area contributed by atoms with Crippen LogP contribution >= 0.6 is 0 Å². The van der Waals surface area contributed by atoms with Gasteiger partial charge in [0.05, 0.1) is 6.54 Å². The molecule has 19 heavy (non-hydrogen) atoms. The topological polar surface area (TPSA) is 56.9 Å². The predicted octanol–water partition coefficient (Wildman–Crippen LogP) is 1.56. The van der Waals surface area contributed by atoms with E-state index in [1.165, 1.54) is 10.8 Å². The molecule has 0 N–H and O–H groups in total. The van der Waals surface area contributed by atoms with Crippen molar-refractivity contribution in [2.45, 2.75) is 33.9 Å². The minimum absolute atomic E-state index is 0.0285. The fraction of sp³-hybridized carbons (Fsp3) is 0.357. The molecule has 0 saturated carbocycles. The van der Waals surface area contributed by atoms with E-state index in [0.717, 1.165) is 17.9 Å². The minimum atomic E-state index is -0.403. The molecule has 2 aromatic rings. The van der Waals surface area contributed by atoms with Crippen LogP contribution < -0.4 is 5.69 Å². The summed E-state index contributed by atoms with van der Waals surface area (Å²) in [4.78, 5) is 27.4. The van der Waals surface area contributed by atoms with Gasteiger partial charge in [0, 0.05) is 35.9 Å². The van der Waals surface area contributed by atoms with Crippen molar-refractivity contribution < 1.29 is 4.79 Å². The molecule has 0 fully saturated rings. The van der Waals surface area contributed by atoms with Gasteiger partial charge in [-0.1, -0.05) is 0 Å². The second kappa shape index (κ2) is 5.22. The van der Waals surface area contributed by atoms with Crippen LogP contribution in [-0.4, -0.2) is 19.9 Å². The lowest BCUT2D eigenvalue weighted by molar-refractivity contribution is 0.0969. The Labute approximate surface area is 111 Å². The van der Waals surface area contributed by atoms with Gasteiger partial charge in [0.1, 0.15) is 0 Å². The molecular weight excluding hydrogens is 242 g/mol. The number of aromatic nitrogens is 3. The first kappa shape index (κ1) is 13.3. The molecule has 2 rings (SSSR count). The van der Waals surface area contributed by atoms with Crippen LogP contribution in [0.1, 0.15) is 28.7 Å². The predicted molar refractivity (Wildman–Crippen MR) is 72.4 cm³/mol. The van der Waals surface area contributed by atoms with Gasteiger partial charge < -0.3 is 4.57 Å². The number of carbonyl (C=O) groups is 1. The average Bonchev–Trinajstić information content (AvgIpc) is 2.67. The number of aryl methyl sites for hydroxylation is 1. The molecule has 0 aliphatic rings. The first-order valence-corrected chi connectivity index (χ1v) is 6.26. The highest BCUT2D eigenvalue weighted by Crippen LogP contribution is 2.15. The second-order valence-corrected chi connectivity index (χ2v) is 4.48. The molecule has 0 spiro atoms. The van der Waals surface area contributed by atoms with E-state index in [1.54, 1.807) is 12.3 Å². The van der Waals surface area contributed by atoms with Gasteiger partial charge in [0.2, 0.25) is 0 Å². The van der Waals surface area contributed by atoms with Crippen LogP contribution in [0.3, 0.4) is 0 Å². The molecule has 100 valence electrons. The van der Waals surface area contributed by atoms with Gasteiger partial charge in [-0.15, -0.1) is 0 Å². The summed E-state index contributed by atoms with van der Waals surface area (Å²) in [6.45, 7) is 6.80. The van der Waals surface area contributed by atoms with Crippen molar-refractivity contribution in [1.29, 1.82) is 0 Å². The first-order chi connectivity index (χ1) is 9.04. The molecule has 0 unspecified atom stereocenters. The fourth-order valence-corrected chi connectivity index (χ4v) is 2.32. The molecule has 0 aliphatic carbocycles.